The first kappa shape index (κ1) is 10.8. The molecule has 86 valence electrons. The van der Waals surface area contributed by atoms with Gasteiger partial charge < -0.3 is 5.32 Å². The molecule has 1 aromatic rings. The van der Waals surface area contributed by atoms with Crippen LogP contribution in [-0.4, -0.2) is 7.05 Å². The van der Waals surface area contributed by atoms with E-state index in [-0.39, 0.29) is 0 Å². The van der Waals surface area contributed by atoms with E-state index in [0.29, 0.717) is 6.04 Å². The van der Waals surface area contributed by atoms with Crippen molar-refractivity contribution in [2.24, 2.45) is 17.8 Å². The third kappa shape index (κ3) is 1.72. The Kier molecular flexibility index (Phi) is 2.80. The Morgan fingerprint density at radius 1 is 1.19 bits per heavy atom. The predicted molar refractivity (Wildman–Crippen MR) is 70.3 cm³/mol. The summed E-state index contributed by atoms with van der Waals surface area (Å²) < 4.78 is 1.17. The van der Waals surface area contributed by atoms with Gasteiger partial charge in [0.25, 0.3) is 0 Å². The highest BCUT2D eigenvalue weighted by Gasteiger charge is 2.55. The van der Waals surface area contributed by atoms with E-state index in [0.717, 1.165) is 17.8 Å². The number of fused-ring (bicyclic) bond motifs is 1. The molecule has 0 aliphatic heterocycles. The van der Waals surface area contributed by atoms with Crippen LogP contribution in [0.25, 0.3) is 0 Å². The van der Waals surface area contributed by atoms with Crippen molar-refractivity contribution < 1.29 is 0 Å². The van der Waals surface area contributed by atoms with Crippen molar-refractivity contribution in [3.63, 3.8) is 0 Å². The van der Waals surface area contributed by atoms with Crippen molar-refractivity contribution >= 4 is 15.9 Å². The Morgan fingerprint density at radius 3 is 2.38 bits per heavy atom. The molecule has 0 heterocycles. The van der Waals surface area contributed by atoms with Gasteiger partial charge in [0, 0.05) is 10.5 Å². The molecular formula is C14H18BrN. The average Bonchev–Trinajstić information content (AvgIpc) is 2.76. The molecule has 2 aliphatic carbocycles. The zero-order valence-electron chi connectivity index (χ0n) is 9.62. The van der Waals surface area contributed by atoms with E-state index in [1.165, 1.54) is 29.3 Å². The maximum Gasteiger partial charge on any atom is 0.0351 e. The van der Waals surface area contributed by atoms with Crippen molar-refractivity contribution in [2.75, 3.05) is 7.05 Å². The molecule has 2 heteroatoms. The van der Waals surface area contributed by atoms with Gasteiger partial charge in [-0.2, -0.15) is 0 Å². The molecule has 3 atom stereocenters. The van der Waals surface area contributed by atoms with Crippen molar-refractivity contribution in [1.29, 1.82) is 0 Å². The Morgan fingerprint density at radius 2 is 1.81 bits per heavy atom. The normalized spacial score (nSPS) is 33.5. The third-order valence-electron chi connectivity index (χ3n) is 4.40. The standard InChI is InChI=1S/C14H18BrN/c1-16-14(9-5-7-10(15)8-6-9)13-11-3-2-4-12(11)13/h5-8,11-14,16H,2-4H2,1H3. The van der Waals surface area contributed by atoms with Gasteiger partial charge in [0.15, 0.2) is 0 Å². The zero-order chi connectivity index (χ0) is 11.1. The van der Waals surface area contributed by atoms with Crippen LogP contribution in [-0.2, 0) is 0 Å². The SMILES string of the molecule is CNC(c1ccc(Br)cc1)C1C2CCCC21. The molecule has 1 N–H and O–H groups in total. The lowest BCUT2D eigenvalue weighted by Gasteiger charge is -2.18. The van der Waals surface area contributed by atoms with Crippen LogP contribution in [0.15, 0.2) is 28.7 Å². The number of hydrogen-bond acceptors (Lipinski definition) is 1. The molecule has 0 radical (unpaired) electrons. The van der Waals surface area contributed by atoms with Gasteiger partial charge in [-0.25, -0.2) is 0 Å². The Hall–Kier alpha value is -0.340. The fraction of sp³-hybridized carbons (Fsp3) is 0.571. The van der Waals surface area contributed by atoms with Crippen LogP contribution in [0.3, 0.4) is 0 Å². The third-order valence-corrected chi connectivity index (χ3v) is 4.93. The minimum atomic E-state index is 0.573. The smallest absolute Gasteiger partial charge is 0.0351 e. The lowest BCUT2D eigenvalue weighted by Crippen LogP contribution is -2.20. The van der Waals surface area contributed by atoms with Gasteiger partial charge in [0.05, 0.1) is 0 Å². The van der Waals surface area contributed by atoms with E-state index in [1.54, 1.807) is 0 Å². The number of rotatable bonds is 3. The molecule has 3 unspecified atom stereocenters. The first-order chi connectivity index (χ1) is 7.81. The molecule has 0 spiro atoms. The van der Waals surface area contributed by atoms with E-state index in [9.17, 15) is 0 Å². The van der Waals surface area contributed by atoms with E-state index >= 15 is 0 Å². The molecule has 1 aromatic carbocycles. The number of nitrogens with one attached hydrogen (secondary N) is 1. The summed E-state index contributed by atoms with van der Waals surface area (Å²) in [6.45, 7) is 0. The lowest BCUT2D eigenvalue weighted by atomic mass is 9.97. The molecule has 0 amide bonds. The monoisotopic (exact) mass is 279 g/mol. The zero-order valence-corrected chi connectivity index (χ0v) is 11.2. The maximum atomic E-state index is 3.51. The van der Waals surface area contributed by atoms with Crippen molar-refractivity contribution in [1.82, 2.24) is 5.32 Å². The van der Waals surface area contributed by atoms with Gasteiger partial charge in [-0.1, -0.05) is 34.5 Å². The number of halogens is 1. The largest absolute Gasteiger partial charge is 0.313 e. The Bertz CT molecular complexity index is 363. The van der Waals surface area contributed by atoms with Gasteiger partial charge in [0.2, 0.25) is 0 Å². The summed E-state index contributed by atoms with van der Waals surface area (Å²) in [5.41, 5.74) is 1.45. The molecule has 0 saturated heterocycles. The predicted octanol–water partition coefficient (Wildman–Crippen LogP) is 3.76. The second-order valence-electron chi connectivity index (χ2n) is 5.15. The van der Waals surface area contributed by atoms with Crippen molar-refractivity contribution in [2.45, 2.75) is 25.3 Å². The van der Waals surface area contributed by atoms with Gasteiger partial charge in [-0.3, -0.25) is 0 Å². The van der Waals surface area contributed by atoms with Gasteiger partial charge in [0.1, 0.15) is 0 Å². The molecule has 1 nitrogen and oxygen atoms in total. The first-order valence-electron chi connectivity index (χ1n) is 6.24. The number of benzene rings is 1. The van der Waals surface area contributed by atoms with Gasteiger partial charge in [-0.05, 0) is 55.3 Å². The molecule has 0 bridgehead atoms. The summed E-state index contributed by atoms with van der Waals surface area (Å²) in [4.78, 5) is 0. The summed E-state index contributed by atoms with van der Waals surface area (Å²) >= 11 is 3.50. The summed E-state index contributed by atoms with van der Waals surface area (Å²) in [6, 6.07) is 9.37. The van der Waals surface area contributed by atoms with E-state index < -0.39 is 0 Å². The summed E-state index contributed by atoms with van der Waals surface area (Å²) in [7, 11) is 2.10. The second-order valence-corrected chi connectivity index (χ2v) is 6.07. The second kappa shape index (κ2) is 4.15. The maximum absolute atomic E-state index is 3.51. The highest BCUT2D eigenvalue weighted by molar-refractivity contribution is 9.10. The van der Waals surface area contributed by atoms with E-state index in [4.69, 9.17) is 0 Å². The van der Waals surface area contributed by atoms with E-state index in [1.807, 2.05) is 0 Å². The van der Waals surface area contributed by atoms with Crippen LogP contribution >= 0.6 is 15.9 Å². The fourth-order valence-corrected chi connectivity index (χ4v) is 3.89. The van der Waals surface area contributed by atoms with Crippen LogP contribution < -0.4 is 5.32 Å². The first-order valence-corrected chi connectivity index (χ1v) is 7.03. The quantitative estimate of drug-likeness (QED) is 0.889. The average molecular weight is 280 g/mol. The Labute approximate surface area is 106 Å². The molecule has 0 aromatic heterocycles. The highest BCUT2D eigenvalue weighted by atomic mass is 79.9. The van der Waals surface area contributed by atoms with Crippen LogP contribution in [0.4, 0.5) is 0 Å². The topological polar surface area (TPSA) is 12.0 Å². The summed E-state index contributed by atoms with van der Waals surface area (Å²) in [5, 5.41) is 3.51. The number of hydrogen-bond donors (Lipinski definition) is 1. The minimum absolute atomic E-state index is 0.573. The van der Waals surface area contributed by atoms with Crippen LogP contribution in [0.2, 0.25) is 0 Å². The molecule has 2 fully saturated rings. The van der Waals surface area contributed by atoms with Crippen LogP contribution in [0, 0.1) is 17.8 Å². The van der Waals surface area contributed by atoms with Crippen LogP contribution in [0.1, 0.15) is 30.9 Å². The molecule has 2 saturated carbocycles. The molecule has 3 rings (SSSR count). The summed E-state index contributed by atoms with van der Waals surface area (Å²) in [6.07, 6.45) is 4.39. The lowest BCUT2D eigenvalue weighted by molar-refractivity contribution is 0.444. The molecule has 16 heavy (non-hydrogen) atoms. The highest BCUT2D eigenvalue weighted by Crippen LogP contribution is 2.62. The van der Waals surface area contributed by atoms with Crippen LogP contribution in [0.5, 0.6) is 0 Å². The van der Waals surface area contributed by atoms with Gasteiger partial charge in [-0.15, -0.1) is 0 Å². The van der Waals surface area contributed by atoms with E-state index in [2.05, 4.69) is 52.6 Å². The van der Waals surface area contributed by atoms with Crippen molar-refractivity contribution in [3.8, 4) is 0 Å². The Balaban J connectivity index is 1.78. The van der Waals surface area contributed by atoms with Gasteiger partial charge >= 0.3 is 0 Å². The summed E-state index contributed by atoms with van der Waals surface area (Å²) in [5.74, 6) is 2.93. The fourth-order valence-electron chi connectivity index (χ4n) is 3.62. The minimum Gasteiger partial charge on any atom is -0.313 e. The molecule has 2 aliphatic rings. The molecular weight excluding hydrogens is 262 g/mol. The van der Waals surface area contributed by atoms with Crippen molar-refractivity contribution in [3.05, 3.63) is 34.3 Å².